The van der Waals surface area contributed by atoms with Crippen LogP contribution in [0.1, 0.15) is 58.5 Å². The molecule has 1 heteroatoms. The Bertz CT molecular complexity index is 632. The van der Waals surface area contributed by atoms with E-state index < -0.39 is 0 Å². The number of aromatic nitrogens is 1. The molecule has 1 aromatic heterocycles. The second kappa shape index (κ2) is 5.72. The fourth-order valence-electron chi connectivity index (χ4n) is 2.28. The van der Waals surface area contributed by atoms with Gasteiger partial charge in [-0.1, -0.05) is 78.5 Å². The van der Waals surface area contributed by atoms with Gasteiger partial charge in [-0.3, -0.25) is 4.98 Å². The van der Waals surface area contributed by atoms with Crippen molar-refractivity contribution in [2.45, 2.75) is 52.4 Å². The lowest BCUT2D eigenvalue weighted by atomic mass is 9.85. The van der Waals surface area contributed by atoms with Crippen molar-refractivity contribution >= 4 is 6.08 Å². The fraction of sp³-hybridized carbons (Fsp3) is 0.381. The summed E-state index contributed by atoms with van der Waals surface area (Å²) in [7, 11) is 0. The molecule has 0 N–H and O–H groups in total. The first kappa shape index (κ1) is 16.5. The molecule has 0 radical (unpaired) electrons. The van der Waals surface area contributed by atoms with Crippen LogP contribution in [0.5, 0.6) is 0 Å². The second-order valence-electron chi connectivity index (χ2n) is 7.95. The minimum Gasteiger partial charge on any atom is -0.257 e. The molecule has 0 bridgehead atoms. The van der Waals surface area contributed by atoms with E-state index in [0.29, 0.717) is 0 Å². The lowest BCUT2D eigenvalue weighted by molar-refractivity contribution is 0.531. The Hall–Kier alpha value is -1.89. The monoisotopic (exact) mass is 293 g/mol. The molecule has 1 heterocycles. The van der Waals surface area contributed by atoms with Crippen LogP contribution < -0.4 is 0 Å². The standard InChI is InChI=1S/C21H27N/c1-8-15-9-11-16(12-10-15)17-13-18(20(2,3)4)22-19(14-17)21(5,6)7/h8-14H,1H2,2-7H3. The van der Waals surface area contributed by atoms with Crippen LogP contribution in [0, 0.1) is 0 Å². The molecule has 0 saturated heterocycles. The number of hydrogen-bond acceptors (Lipinski definition) is 1. The number of rotatable bonds is 2. The molecule has 0 atom stereocenters. The molecule has 0 spiro atoms. The molecule has 0 aliphatic rings. The normalized spacial score (nSPS) is 12.3. The first-order valence-electron chi connectivity index (χ1n) is 7.87. The Kier molecular flexibility index (Phi) is 4.28. The van der Waals surface area contributed by atoms with E-state index in [2.05, 4.69) is 84.5 Å². The lowest BCUT2D eigenvalue weighted by Crippen LogP contribution is -2.20. The van der Waals surface area contributed by atoms with Gasteiger partial charge in [0.25, 0.3) is 0 Å². The van der Waals surface area contributed by atoms with Crippen molar-refractivity contribution in [3.63, 3.8) is 0 Å². The van der Waals surface area contributed by atoms with E-state index in [1.807, 2.05) is 6.08 Å². The zero-order valence-electron chi connectivity index (χ0n) is 14.7. The minimum absolute atomic E-state index is 0.0388. The van der Waals surface area contributed by atoms with Gasteiger partial charge in [-0.2, -0.15) is 0 Å². The van der Waals surface area contributed by atoms with Crippen LogP contribution in [0.15, 0.2) is 43.0 Å². The topological polar surface area (TPSA) is 12.9 Å². The summed E-state index contributed by atoms with van der Waals surface area (Å²) in [6.07, 6.45) is 1.87. The minimum atomic E-state index is 0.0388. The molecule has 22 heavy (non-hydrogen) atoms. The predicted octanol–water partition coefficient (Wildman–Crippen LogP) is 5.99. The SMILES string of the molecule is C=Cc1ccc(-c2cc(C(C)(C)C)nc(C(C)(C)C)c2)cc1. The third kappa shape index (κ3) is 3.65. The van der Waals surface area contributed by atoms with E-state index in [1.54, 1.807) is 0 Å². The van der Waals surface area contributed by atoms with Crippen LogP contribution in [0.3, 0.4) is 0 Å². The average molecular weight is 293 g/mol. The number of pyridine rings is 1. The predicted molar refractivity (Wildman–Crippen MR) is 97.2 cm³/mol. The van der Waals surface area contributed by atoms with Crippen LogP contribution in [0.4, 0.5) is 0 Å². The van der Waals surface area contributed by atoms with E-state index in [-0.39, 0.29) is 10.8 Å². The van der Waals surface area contributed by atoms with Crippen molar-refractivity contribution in [2.75, 3.05) is 0 Å². The van der Waals surface area contributed by atoms with E-state index in [4.69, 9.17) is 4.98 Å². The number of hydrogen-bond donors (Lipinski definition) is 0. The Morgan fingerprint density at radius 2 is 1.23 bits per heavy atom. The van der Waals surface area contributed by atoms with Gasteiger partial charge in [0.15, 0.2) is 0 Å². The molecule has 0 amide bonds. The summed E-state index contributed by atoms with van der Waals surface area (Å²) in [4.78, 5) is 4.92. The summed E-state index contributed by atoms with van der Waals surface area (Å²) < 4.78 is 0. The van der Waals surface area contributed by atoms with Crippen LogP contribution >= 0.6 is 0 Å². The van der Waals surface area contributed by atoms with Gasteiger partial charge in [0.2, 0.25) is 0 Å². The maximum absolute atomic E-state index is 4.92. The first-order chi connectivity index (χ1) is 10.1. The van der Waals surface area contributed by atoms with Crippen LogP contribution in [-0.2, 0) is 10.8 Å². The highest BCUT2D eigenvalue weighted by Gasteiger charge is 2.22. The van der Waals surface area contributed by atoms with E-state index in [0.717, 1.165) is 17.0 Å². The highest BCUT2D eigenvalue weighted by Crippen LogP contribution is 2.31. The molecule has 0 aliphatic carbocycles. The molecular formula is C21H27N. The quantitative estimate of drug-likeness (QED) is 0.663. The van der Waals surface area contributed by atoms with E-state index in [1.165, 1.54) is 11.1 Å². The smallest absolute Gasteiger partial charge is 0.0466 e. The van der Waals surface area contributed by atoms with E-state index in [9.17, 15) is 0 Å². The van der Waals surface area contributed by atoms with Gasteiger partial charge >= 0.3 is 0 Å². The summed E-state index contributed by atoms with van der Waals surface area (Å²) >= 11 is 0. The van der Waals surface area contributed by atoms with Gasteiger partial charge in [-0.15, -0.1) is 0 Å². The van der Waals surface area contributed by atoms with Gasteiger partial charge < -0.3 is 0 Å². The number of nitrogens with zero attached hydrogens (tertiary/aromatic N) is 1. The number of benzene rings is 1. The fourth-order valence-corrected chi connectivity index (χ4v) is 2.28. The Morgan fingerprint density at radius 1 is 0.773 bits per heavy atom. The van der Waals surface area contributed by atoms with Gasteiger partial charge in [0.1, 0.15) is 0 Å². The van der Waals surface area contributed by atoms with Gasteiger partial charge in [0.05, 0.1) is 0 Å². The second-order valence-corrected chi connectivity index (χ2v) is 7.95. The highest BCUT2D eigenvalue weighted by atomic mass is 14.7. The molecule has 0 unspecified atom stereocenters. The van der Waals surface area contributed by atoms with Crippen molar-refractivity contribution in [1.29, 1.82) is 0 Å². The van der Waals surface area contributed by atoms with Crippen LogP contribution in [0.25, 0.3) is 17.2 Å². The zero-order valence-corrected chi connectivity index (χ0v) is 14.7. The molecule has 2 rings (SSSR count). The van der Waals surface area contributed by atoms with Gasteiger partial charge in [-0.05, 0) is 28.8 Å². The van der Waals surface area contributed by atoms with Gasteiger partial charge in [-0.25, -0.2) is 0 Å². The third-order valence-electron chi connectivity index (χ3n) is 3.84. The van der Waals surface area contributed by atoms with Gasteiger partial charge in [0, 0.05) is 22.2 Å². The van der Waals surface area contributed by atoms with Crippen LogP contribution in [0.2, 0.25) is 0 Å². The maximum atomic E-state index is 4.92. The summed E-state index contributed by atoms with van der Waals surface area (Å²) in [6.45, 7) is 17.1. The lowest BCUT2D eigenvalue weighted by Gasteiger charge is -2.25. The van der Waals surface area contributed by atoms with E-state index >= 15 is 0 Å². The molecule has 0 fully saturated rings. The van der Waals surface area contributed by atoms with Crippen molar-refractivity contribution < 1.29 is 0 Å². The highest BCUT2D eigenvalue weighted by molar-refractivity contribution is 5.66. The molecule has 1 nitrogen and oxygen atoms in total. The Morgan fingerprint density at radius 3 is 1.59 bits per heavy atom. The molecule has 0 saturated carbocycles. The van der Waals surface area contributed by atoms with Crippen molar-refractivity contribution in [3.8, 4) is 11.1 Å². The summed E-state index contributed by atoms with van der Waals surface area (Å²) in [5.74, 6) is 0. The molecule has 0 aliphatic heterocycles. The molecular weight excluding hydrogens is 266 g/mol. The summed E-state index contributed by atoms with van der Waals surface area (Å²) in [5, 5.41) is 0. The molecule has 2 aromatic rings. The van der Waals surface area contributed by atoms with Crippen molar-refractivity contribution in [3.05, 3.63) is 59.9 Å². The van der Waals surface area contributed by atoms with Crippen molar-refractivity contribution in [2.24, 2.45) is 0 Å². The Balaban J connectivity index is 2.61. The van der Waals surface area contributed by atoms with Crippen molar-refractivity contribution in [1.82, 2.24) is 4.98 Å². The molecule has 116 valence electrons. The third-order valence-corrected chi connectivity index (χ3v) is 3.84. The maximum Gasteiger partial charge on any atom is 0.0466 e. The average Bonchev–Trinajstić information content (AvgIpc) is 2.45. The largest absolute Gasteiger partial charge is 0.257 e. The molecule has 1 aromatic carbocycles. The summed E-state index contributed by atoms with van der Waals surface area (Å²) in [6, 6.07) is 13.0. The first-order valence-corrected chi connectivity index (χ1v) is 7.87. The summed E-state index contributed by atoms with van der Waals surface area (Å²) in [5.41, 5.74) is 5.97. The zero-order chi connectivity index (χ0) is 16.5. The Labute approximate surface area is 135 Å². The van der Waals surface area contributed by atoms with Crippen LogP contribution in [-0.4, -0.2) is 4.98 Å².